The maximum absolute atomic E-state index is 13.7. The van der Waals surface area contributed by atoms with Gasteiger partial charge in [-0.3, -0.25) is 28.7 Å². The molecule has 3 aromatic heterocycles. The van der Waals surface area contributed by atoms with Gasteiger partial charge < -0.3 is 33.9 Å². The van der Waals surface area contributed by atoms with Crippen LogP contribution in [-0.4, -0.2) is 114 Å². The number of fused-ring (bicyclic) bond motifs is 3. The summed E-state index contributed by atoms with van der Waals surface area (Å²) < 4.78 is 27.6. The second-order valence-corrected chi connectivity index (χ2v) is 20.6. The summed E-state index contributed by atoms with van der Waals surface area (Å²) >= 11 is 1.25. The molecular formula is C56H75N9O8S. The third kappa shape index (κ3) is 12.3. The van der Waals surface area contributed by atoms with Crippen LogP contribution in [0.4, 0.5) is 11.4 Å². The molecule has 0 radical (unpaired) electrons. The van der Waals surface area contributed by atoms with Crippen LogP contribution in [0.15, 0.2) is 79.9 Å². The minimum absolute atomic E-state index is 0.00737. The standard InChI is InChI=1S/C27H33N5O4.C25H30N4O3S.C3H8.CH4O/c1-35-17-21-16-30(12-13-36-21)20-8-9-22-24(15-20)28-26(18-4-2-5-18)31(27(22)34)10-11-32-25(33)14-19-6-3-7-23(19)29-32;1-17-15-20(33-26)5-3-18(17)7-9-29-23(30)21-6-4-19(28-10-13-31-14-11-28)16-22(21)27-24(29)25(2)8-12-32-25;1-3-2;1-2/h8-9,14-15,18,21H,2-7,10-13,16-17H2,1H3;3-6,15-16H,7-14,26H2,1-2H3;3H2,1-2H3;2H,1H3. The number of aromatic nitrogens is 6. The molecule has 0 spiro atoms. The van der Waals surface area contributed by atoms with Gasteiger partial charge in [-0.25, -0.2) is 14.6 Å². The van der Waals surface area contributed by atoms with E-state index in [1.807, 2.05) is 54.0 Å². The first-order valence-corrected chi connectivity index (χ1v) is 27.3. The molecule has 1 saturated carbocycles. The zero-order chi connectivity index (χ0) is 52.4. The number of morpholine rings is 2. The van der Waals surface area contributed by atoms with Crippen molar-refractivity contribution in [3.63, 3.8) is 0 Å². The summed E-state index contributed by atoms with van der Waals surface area (Å²) in [7, 11) is 2.69. The first-order valence-electron chi connectivity index (χ1n) is 26.4. The average Bonchev–Trinajstić information content (AvgIpc) is 3.86. The lowest BCUT2D eigenvalue weighted by molar-refractivity contribution is -0.148. The lowest BCUT2D eigenvalue weighted by Crippen LogP contribution is -2.44. The fraction of sp³-hybridized carbons (Fsp3) is 0.536. The molecule has 3 aliphatic heterocycles. The largest absolute Gasteiger partial charge is 0.400 e. The van der Waals surface area contributed by atoms with Gasteiger partial charge in [-0.05, 0) is 130 Å². The zero-order valence-corrected chi connectivity index (χ0v) is 45.0. The normalized spacial score (nSPS) is 19.3. The van der Waals surface area contributed by atoms with Crippen molar-refractivity contribution in [1.82, 2.24) is 28.9 Å². The van der Waals surface area contributed by atoms with Gasteiger partial charge in [0.25, 0.3) is 16.7 Å². The second-order valence-electron chi connectivity index (χ2n) is 19.9. The number of aliphatic hydroxyl groups excluding tert-OH is 1. The Labute approximate surface area is 438 Å². The molecule has 2 atom stereocenters. The average molecular weight is 1030 g/mol. The Morgan fingerprint density at radius 1 is 0.811 bits per heavy atom. The zero-order valence-electron chi connectivity index (χ0n) is 44.1. The lowest BCUT2D eigenvalue weighted by atomic mass is 9.84. The summed E-state index contributed by atoms with van der Waals surface area (Å²) in [5.41, 5.74) is 7.38. The third-order valence-corrected chi connectivity index (χ3v) is 15.2. The van der Waals surface area contributed by atoms with E-state index in [1.54, 1.807) is 17.7 Å². The summed E-state index contributed by atoms with van der Waals surface area (Å²) in [6, 6.07) is 19.8. The molecule has 4 fully saturated rings. The summed E-state index contributed by atoms with van der Waals surface area (Å²) in [4.78, 5) is 55.6. The number of rotatable bonds is 13. The fourth-order valence-corrected chi connectivity index (χ4v) is 10.7. The number of hydrogen-bond acceptors (Lipinski definition) is 15. The SMILES string of the molecule is CCC.CO.COCC1CN(c2ccc3c(=O)n(CCn4nc5c(cc4=O)CCC5)c(C4CCC4)nc3c2)CCO1.Cc1cc(SN)ccc1CCn1c(C2(C)CCO2)nc2cc(N3CCOCC3)ccc2c1=O. The van der Waals surface area contributed by atoms with Crippen molar-refractivity contribution in [3.05, 3.63) is 126 Å². The molecule has 17 nitrogen and oxygen atoms in total. The number of benzene rings is 3. The van der Waals surface area contributed by atoms with Gasteiger partial charge in [0, 0.05) is 88.2 Å². The maximum Gasteiger partial charge on any atom is 0.267 e. The van der Waals surface area contributed by atoms with Gasteiger partial charge >= 0.3 is 0 Å². The predicted molar refractivity (Wildman–Crippen MR) is 293 cm³/mol. The minimum Gasteiger partial charge on any atom is -0.400 e. The van der Waals surface area contributed by atoms with Gasteiger partial charge in [0.05, 0.1) is 73.2 Å². The molecule has 3 aromatic carbocycles. The number of aliphatic hydroxyl groups is 1. The molecule has 11 rings (SSSR count). The van der Waals surface area contributed by atoms with Crippen LogP contribution in [0.25, 0.3) is 21.8 Å². The number of ether oxygens (including phenoxy) is 4. The number of anilines is 2. The summed E-state index contributed by atoms with van der Waals surface area (Å²) in [5.74, 6) is 1.84. The van der Waals surface area contributed by atoms with E-state index in [2.05, 4.69) is 47.8 Å². The number of nitrogens with zero attached hydrogens (tertiary/aromatic N) is 8. The first-order chi connectivity index (χ1) is 36.0. The monoisotopic (exact) mass is 1030 g/mol. The molecule has 0 bridgehead atoms. The van der Waals surface area contributed by atoms with Crippen molar-refractivity contribution in [2.45, 2.75) is 128 Å². The number of hydrogen-bond donors (Lipinski definition) is 2. The fourth-order valence-electron chi connectivity index (χ4n) is 10.3. The lowest BCUT2D eigenvalue weighted by Gasteiger charge is -2.39. The smallest absolute Gasteiger partial charge is 0.267 e. The van der Waals surface area contributed by atoms with E-state index in [9.17, 15) is 14.4 Å². The highest BCUT2D eigenvalue weighted by Crippen LogP contribution is 2.37. The van der Waals surface area contributed by atoms with E-state index < -0.39 is 5.60 Å². The van der Waals surface area contributed by atoms with E-state index in [4.69, 9.17) is 39.2 Å². The van der Waals surface area contributed by atoms with Gasteiger partial charge in [-0.2, -0.15) is 5.10 Å². The Hall–Kier alpha value is -5.47. The van der Waals surface area contributed by atoms with Crippen molar-refractivity contribution in [2.24, 2.45) is 5.14 Å². The molecule has 2 unspecified atom stereocenters. The van der Waals surface area contributed by atoms with Crippen LogP contribution in [0.5, 0.6) is 0 Å². The van der Waals surface area contributed by atoms with Gasteiger partial charge in [0.1, 0.15) is 17.2 Å². The third-order valence-electron chi connectivity index (χ3n) is 14.7. The van der Waals surface area contributed by atoms with E-state index in [0.29, 0.717) is 63.4 Å². The highest BCUT2D eigenvalue weighted by Gasteiger charge is 2.40. The number of nitrogens with two attached hydrogens (primary N) is 1. The van der Waals surface area contributed by atoms with E-state index in [-0.39, 0.29) is 28.7 Å². The van der Waals surface area contributed by atoms with Gasteiger partial charge in [-0.15, -0.1) is 0 Å². The van der Waals surface area contributed by atoms with Crippen LogP contribution in [0, 0.1) is 6.92 Å². The molecule has 18 heteroatoms. The Morgan fingerprint density at radius 3 is 2.12 bits per heavy atom. The van der Waals surface area contributed by atoms with Gasteiger partial charge in [0.2, 0.25) is 0 Å². The van der Waals surface area contributed by atoms with E-state index in [1.165, 1.54) is 34.2 Å². The van der Waals surface area contributed by atoms with Crippen LogP contribution in [0.1, 0.15) is 99.2 Å². The van der Waals surface area contributed by atoms with Crippen molar-refractivity contribution >= 4 is 45.1 Å². The molecule has 6 heterocycles. The number of methoxy groups -OCH3 is 1. The molecule has 3 saturated heterocycles. The van der Waals surface area contributed by atoms with Crippen LogP contribution in [-0.2, 0) is 63.4 Å². The Bertz CT molecular complexity index is 3050. The Kier molecular flexibility index (Phi) is 18.8. The molecule has 5 aliphatic rings. The molecular weight excluding hydrogens is 959 g/mol. The summed E-state index contributed by atoms with van der Waals surface area (Å²) in [6.45, 7) is 16.2. The van der Waals surface area contributed by atoms with Gasteiger partial charge in [-0.1, -0.05) is 32.8 Å². The van der Waals surface area contributed by atoms with Crippen molar-refractivity contribution in [3.8, 4) is 0 Å². The van der Waals surface area contributed by atoms with Gasteiger partial charge in [0.15, 0.2) is 0 Å². The molecule has 6 aromatic rings. The first kappa shape index (κ1) is 54.8. The van der Waals surface area contributed by atoms with Crippen LogP contribution < -0.4 is 31.6 Å². The molecule has 0 amide bonds. The highest BCUT2D eigenvalue weighted by molar-refractivity contribution is 7.97. The van der Waals surface area contributed by atoms with Crippen molar-refractivity contribution in [2.75, 3.05) is 83.2 Å². The second kappa shape index (κ2) is 25.4. The quantitative estimate of drug-likeness (QED) is 0.116. The van der Waals surface area contributed by atoms with E-state index >= 15 is 0 Å². The van der Waals surface area contributed by atoms with Crippen LogP contribution in [0.3, 0.4) is 0 Å². The number of aryl methyl sites for hydroxylation is 5. The highest BCUT2D eigenvalue weighted by atomic mass is 32.2. The topological polar surface area (TPSA) is 194 Å². The van der Waals surface area contributed by atoms with Crippen molar-refractivity contribution in [1.29, 1.82) is 0 Å². The Morgan fingerprint density at radius 2 is 1.49 bits per heavy atom. The summed E-state index contributed by atoms with van der Waals surface area (Å²) in [6.07, 6.45) is 8.99. The van der Waals surface area contributed by atoms with Crippen LogP contribution >= 0.6 is 11.9 Å². The Balaban J connectivity index is 0.000000182. The molecule has 74 heavy (non-hydrogen) atoms. The van der Waals surface area contributed by atoms with E-state index in [0.717, 1.165) is 135 Å². The molecule has 3 N–H and O–H groups in total. The molecule has 2 aliphatic carbocycles. The molecule has 398 valence electrons. The maximum atomic E-state index is 13.7. The van der Waals surface area contributed by atoms with Crippen molar-refractivity contribution < 1.29 is 24.1 Å². The summed E-state index contributed by atoms with van der Waals surface area (Å²) in [5, 5.41) is 18.5. The minimum atomic E-state index is -0.530. The predicted octanol–water partition coefficient (Wildman–Crippen LogP) is 6.67. The van der Waals surface area contributed by atoms with Crippen LogP contribution in [0.2, 0.25) is 0 Å².